The van der Waals surface area contributed by atoms with Gasteiger partial charge in [-0.25, -0.2) is 9.97 Å². The van der Waals surface area contributed by atoms with Gasteiger partial charge in [-0.3, -0.25) is 4.98 Å². The zero-order valence-corrected chi connectivity index (χ0v) is 12.4. The van der Waals surface area contributed by atoms with Crippen LogP contribution in [0, 0.1) is 0 Å². The molecule has 0 saturated carbocycles. The van der Waals surface area contributed by atoms with Gasteiger partial charge < -0.3 is 9.30 Å². The van der Waals surface area contributed by atoms with Gasteiger partial charge in [0.1, 0.15) is 12.2 Å². The number of fused-ring (bicyclic) bond motifs is 1. The second-order valence-electron chi connectivity index (χ2n) is 4.55. The molecule has 3 rings (SSSR count). The van der Waals surface area contributed by atoms with Crippen LogP contribution in [0.3, 0.4) is 0 Å². The quantitative estimate of drug-likeness (QED) is 0.693. The highest BCUT2D eigenvalue weighted by molar-refractivity contribution is 6.16. The van der Waals surface area contributed by atoms with E-state index in [1.807, 2.05) is 22.9 Å². The minimum Gasteiger partial charge on any atom is -0.479 e. The summed E-state index contributed by atoms with van der Waals surface area (Å²) in [5, 5.41) is 0. The lowest BCUT2D eigenvalue weighted by Gasteiger charge is -2.16. The largest absolute Gasteiger partial charge is 0.479 e. The van der Waals surface area contributed by atoms with E-state index in [2.05, 4.69) is 26.9 Å². The zero-order chi connectivity index (χ0) is 14.8. The average Bonchev–Trinajstić information content (AvgIpc) is 2.93. The summed E-state index contributed by atoms with van der Waals surface area (Å²) < 4.78 is 7.23. The lowest BCUT2D eigenvalue weighted by Crippen LogP contribution is -2.10. The van der Waals surface area contributed by atoms with E-state index < -0.39 is 0 Å². The molecular weight excluding hydrogens is 290 g/mol. The van der Waals surface area contributed by atoms with Crippen LogP contribution >= 0.6 is 11.6 Å². The van der Waals surface area contributed by atoms with Gasteiger partial charge in [0.05, 0.1) is 19.0 Å². The Balaban J connectivity index is 2.21. The molecule has 0 bridgehead atoms. The summed E-state index contributed by atoms with van der Waals surface area (Å²) in [6.07, 6.45) is 5.04. The molecule has 3 heterocycles. The number of pyridine rings is 1. The Morgan fingerprint density at radius 2 is 2.24 bits per heavy atom. The molecule has 1 unspecified atom stereocenters. The fraction of sp³-hybridized carbons (Fsp3) is 0.286. The van der Waals surface area contributed by atoms with E-state index in [-0.39, 0.29) is 11.9 Å². The summed E-state index contributed by atoms with van der Waals surface area (Å²) >= 11 is 6.04. The molecule has 0 aromatic carbocycles. The van der Waals surface area contributed by atoms with Crippen molar-refractivity contribution in [2.75, 3.05) is 7.11 Å². The van der Waals surface area contributed by atoms with Crippen molar-refractivity contribution in [1.82, 2.24) is 24.5 Å². The molecule has 0 aliphatic heterocycles. The number of nitrogens with zero attached hydrogens (tertiary/aromatic N) is 5. The van der Waals surface area contributed by atoms with E-state index >= 15 is 0 Å². The smallest absolute Gasteiger partial charge is 0.245 e. The second kappa shape index (κ2) is 5.65. The molecule has 0 saturated heterocycles. The third-order valence-electron chi connectivity index (χ3n) is 3.38. The molecule has 108 valence electrons. The van der Waals surface area contributed by atoms with Crippen LogP contribution in [-0.2, 0) is 5.88 Å². The van der Waals surface area contributed by atoms with E-state index in [1.54, 1.807) is 13.3 Å². The molecule has 0 spiro atoms. The van der Waals surface area contributed by atoms with Gasteiger partial charge in [0.15, 0.2) is 11.2 Å². The number of hydrogen-bond donors (Lipinski definition) is 0. The Bertz CT molecular complexity index is 759. The first-order valence-electron chi connectivity index (χ1n) is 6.48. The highest BCUT2D eigenvalue weighted by Crippen LogP contribution is 2.28. The molecule has 6 nitrogen and oxygen atoms in total. The first-order chi connectivity index (χ1) is 10.3. The Morgan fingerprint density at radius 3 is 2.90 bits per heavy atom. The fourth-order valence-electron chi connectivity index (χ4n) is 2.36. The normalized spacial score (nSPS) is 12.5. The molecule has 0 radical (unpaired) electrons. The van der Waals surface area contributed by atoms with Crippen molar-refractivity contribution >= 4 is 22.8 Å². The summed E-state index contributed by atoms with van der Waals surface area (Å²) in [6, 6.07) is 3.93. The van der Waals surface area contributed by atoms with Gasteiger partial charge in [0.2, 0.25) is 5.88 Å². The predicted molar refractivity (Wildman–Crippen MR) is 79.5 cm³/mol. The van der Waals surface area contributed by atoms with Crippen LogP contribution in [-0.4, -0.2) is 31.6 Å². The third-order valence-corrected chi connectivity index (χ3v) is 3.62. The molecule has 7 heteroatoms. The van der Waals surface area contributed by atoms with Crippen molar-refractivity contribution < 1.29 is 4.74 Å². The number of ether oxygens (including phenoxy) is 1. The van der Waals surface area contributed by atoms with Gasteiger partial charge in [-0.05, 0) is 18.6 Å². The minimum absolute atomic E-state index is 0.0112. The first-order valence-corrected chi connectivity index (χ1v) is 7.01. The molecule has 0 amide bonds. The van der Waals surface area contributed by atoms with Crippen molar-refractivity contribution in [2.45, 2.75) is 18.8 Å². The van der Waals surface area contributed by atoms with Gasteiger partial charge in [-0.1, -0.05) is 6.07 Å². The first kappa shape index (κ1) is 13.8. The van der Waals surface area contributed by atoms with Crippen LogP contribution in [0.2, 0.25) is 0 Å². The van der Waals surface area contributed by atoms with E-state index in [1.165, 1.54) is 6.33 Å². The van der Waals surface area contributed by atoms with Crippen LogP contribution in [0.15, 0.2) is 30.9 Å². The highest BCUT2D eigenvalue weighted by Gasteiger charge is 2.20. The van der Waals surface area contributed by atoms with E-state index in [0.717, 1.165) is 11.4 Å². The Kier molecular flexibility index (Phi) is 3.70. The standard InChI is InChI=1S/C14H14ClN5O/c1-9(10-4-3-5-16-7-10)20-11(6-15)19-12-13(20)17-8-18-14(12)21-2/h3-5,7-9H,6H2,1-2H3. The highest BCUT2D eigenvalue weighted by atomic mass is 35.5. The molecule has 0 aliphatic carbocycles. The van der Waals surface area contributed by atoms with Crippen molar-refractivity contribution in [3.05, 3.63) is 42.2 Å². The van der Waals surface area contributed by atoms with Gasteiger partial charge in [-0.2, -0.15) is 4.98 Å². The number of rotatable bonds is 4. The average molecular weight is 304 g/mol. The second-order valence-corrected chi connectivity index (χ2v) is 4.82. The van der Waals surface area contributed by atoms with E-state index in [4.69, 9.17) is 16.3 Å². The number of alkyl halides is 1. The molecule has 1 atom stereocenters. The molecule has 3 aromatic heterocycles. The maximum absolute atomic E-state index is 6.04. The van der Waals surface area contributed by atoms with Crippen LogP contribution in [0.25, 0.3) is 11.2 Å². The molecule has 0 N–H and O–H groups in total. The summed E-state index contributed by atoms with van der Waals surface area (Å²) in [6.45, 7) is 2.06. The molecular formula is C14H14ClN5O. The maximum atomic E-state index is 6.04. The summed E-state index contributed by atoms with van der Waals surface area (Å²) in [7, 11) is 1.56. The summed E-state index contributed by atoms with van der Waals surface area (Å²) in [5.74, 6) is 1.45. The number of imidazole rings is 1. The van der Waals surface area contributed by atoms with E-state index in [0.29, 0.717) is 17.0 Å². The molecule has 0 fully saturated rings. The maximum Gasteiger partial charge on any atom is 0.245 e. The molecule has 3 aromatic rings. The predicted octanol–water partition coefficient (Wildman–Crippen LogP) is 2.58. The van der Waals surface area contributed by atoms with Crippen molar-refractivity contribution in [1.29, 1.82) is 0 Å². The third kappa shape index (κ3) is 2.31. The fourth-order valence-corrected chi connectivity index (χ4v) is 2.54. The van der Waals surface area contributed by atoms with Crippen LogP contribution in [0.5, 0.6) is 5.88 Å². The van der Waals surface area contributed by atoms with Crippen LogP contribution in [0.1, 0.15) is 24.4 Å². The van der Waals surface area contributed by atoms with Crippen molar-refractivity contribution in [2.24, 2.45) is 0 Å². The van der Waals surface area contributed by atoms with Crippen molar-refractivity contribution in [3.63, 3.8) is 0 Å². The Hall–Kier alpha value is -2.21. The Labute approximate surface area is 126 Å². The summed E-state index contributed by atoms with van der Waals surface area (Å²) in [4.78, 5) is 17.1. The van der Waals surface area contributed by atoms with Gasteiger partial charge in [0.25, 0.3) is 0 Å². The van der Waals surface area contributed by atoms with Crippen molar-refractivity contribution in [3.8, 4) is 5.88 Å². The minimum atomic E-state index is 0.0112. The lowest BCUT2D eigenvalue weighted by atomic mass is 10.1. The van der Waals surface area contributed by atoms with Crippen LogP contribution < -0.4 is 4.74 Å². The molecule has 21 heavy (non-hydrogen) atoms. The SMILES string of the molecule is COc1ncnc2c1nc(CCl)n2C(C)c1cccnc1. The van der Waals surface area contributed by atoms with Gasteiger partial charge in [0, 0.05) is 12.4 Å². The topological polar surface area (TPSA) is 65.7 Å². The van der Waals surface area contributed by atoms with Crippen LogP contribution in [0.4, 0.5) is 0 Å². The number of hydrogen-bond acceptors (Lipinski definition) is 5. The lowest BCUT2D eigenvalue weighted by molar-refractivity contribution is 0.401. The number of aromatic nitrogens is 5. The van der Waals surface area contributed by atoms with Gasteiger partial charge >= 0.3 is 0 Å². The number of methoxy groups -OCH3 is 1. The molecule has 0 aliphatic rings. The zero-order valence-electron chi connectivity index (χ0n) is 11.7. The Morgan fingerprint density at radius 1 is 1.38 bits per heavy atom. The monoisotopic (exact) mass is 303 g/mol. The number of halogens is 1. The van der Waals surface area contributed by atoms with E-state index in [9.17, 15) is 0 Å². The van der Waals surface area contributed by atoms with Gasteiger partial charge in [-0.15, -0.1) is 11.6 Å². The summed E-state index contributed by atoms with van der Waals surface area (Å²) in [5.41, 5.74) is 2.38.